The summed E-state index contributed by atoms with van der Waals surface area (Å²) in [5.41, 5.74) is 1.46. The van der Waals surface area contributed by atoms with Crippen molar-refractivity contribution in [2.45, 2.75) is 32.4 Å². The minimum absolute atomic E-state index is 0.191. The SMILES string of the molecule is CC(NCC(C)(C)O)c1ccc(-n2ccnn2)cc1. The Kier molecular flexibility index (Phi) is 3.97. The van der Waals surface area contributed by atoms with E-state index in [4.69, 9.17) is 0 Å². The van der Waals surface area contributed by atoms with Crippen molar-refractivity contribution in [2.24, 2.45) is 0 Å². The number of hydrogen-bond donors (Lipinski definition) is 2. The van der Waals surface area contributed by atoms with Crippen LogP contribution in [-0.4, -0.2) is 32.2 Å². The fourth-order valence-electron chi connectivity index (χ4n) is 1.78. The topological polar surface area (TPSA) is 63.0 Å². The second-order valence-corrected chi connectivity index (χ2v) is 5.35. The molecule has 2 rings (SSSR count). The molecule has 0 bridgehead atoms. The molecular formula is C14H20N4O. The van der Waals surface area contributed by atoms with Crippen molar-refractivity contribution < 1.29 is 5.11 Å². The fourth-order valence-corrected chi connectivity index (χ4v) is 1.78. The summed E-state index contributed by atoms with van der Waals surface area (Å²) in [7, 11) is 0. The minimum Gasteiger partial charge on any atom is -0.389 e. The lowest BCUT2D eigenvalue weighted by atomic mass is 10.1. The Hall–Kier alpha value is -1.72. The highest BCUT2D eigenvalue weighted by Crippen LogP contribution is 2.15. The standard InChI is InChI=1S/C14H20N4O/c1-11(15-10-14(2,3)19)12-4-6-13(7-5-12)18-9-8-16-17-18/h4-9,11,15,19H,10H2,1-3H3. The van der Waals surface area contributed by atoms with E-state index >= 15 is 0 Å². The van der Waals surface area contributed by atoms with Crippen molar-refractivity contribution in [2.75, 3.05) is 6.54 Å². The van der Waals surface area contributed by atoms with Crippen LogP contribution in [0, 0.1) is 0 Å². The maximum Gasteiger partial charge on any atom is 0.0715 e. The first-order valence-electron chi connectivity index (χ1n) is 6.38. The molecule has 2 aromatic rings. The van der Waals surface area contributed by atoms with Crippen molar-refractivity contribution in [3.8, 4) is 5.69 Å². The van der Waals surface area contributed by atoms with Crippen LogP contribution in [0.5, 0.6) is 0 Å². The zero-order valence-electron chi connectivity index (χ0n) is 11.5. The van der Waals surface area contributed by atoms with E-state index in [2.05, 4.69) is 34.7 Å². The zero-order valence-corrected chi connectivity index (χ0v) is 11.5. The van der Waals surface area contributed by atoms with Gasteiger partial charge in [0.25, 0.3) is 0 Å². The van der Waals surface area contributed by atoms with Crippen molar-refractivity contribution in [3.63, 3.8) is 0 Å². The third-order valence-electron chi connectivity index (χ3n) is 2.92. The van der Waals surface area contributed by atoms with E-state index in [1.165, 1.54) is 5.56 Å². The van der Waals surface area contributed by atoms with Crippen LogP contribution < -0.4 is 5.32 Å². The van der Waals surface area contributed by atoms with E-state index in [1.807, 2.05) is 18.3 Å². The molecular weight excluding hydrogens is 240 g/mol. The number of benzene rings is 1. The summed E-state index contributed by atoms with van der Waals surface area (Å²) in [5.74, 6) is 0. The molecule has 0 radical (unpaired) electrons. The highest BCUT2D eigenvalue weighted by Gasteiger charge is 2.14. The number of hydrogen-bond acceptors (Lipinski definition) is 4. The van der Waals surface area contributed by atoms with Crippen LogP contribution in [0.15, 0.2) is 36.7 Å². The average Bonchev–Trinajstić information content (AvgIpc) is 2.89. The predicted molar refractivity (Wildman–Crippen MR) is 74.1 cm³/mol. The first kappa shape index (κ1) is 13.7. The van der Waals surface area contributed by atoms with Crippen LogP contribution in [-0.2, 0) is 0 Å². The summed E-state index contributed by atoms with van der Waals surface area (Å²) in [6.45, 7) is 6.22. The van der Waals surface area contributed by atoms with Crippen LogP contribution in [0.1, 0.15) is 32.4 Å². The van der Waals surface area contributed by atoms with Crippen LogP contribution in [0.25, 0.3) is 5.69 Å². The predicted octanol–water partition coefficient (Wildman–Crippen LogP) is 1.69. The summed E-state index contributed by atoms with van der Waals surface area (Å²) in [6.07, 6.45) is 3.46. The number of nitrogens with one attached hydrogen (secondary N) is 1. The molecule has 0 aliphatic heterocycles. The van der Waals surface area contributed by atoms with Gasteiger partial charge in [0, 0.05) is 12.6 Å². The maximum absolute atomic E-state index is 9.70. The zero-order chi connectivity index (χ0) is 13.9. The molecule has 0 fully saturated rings. The van der Waals surface area contributed by atoms with E-state index < -0.39 is 5.60 Å². The molecule has 2 N–H and O–H groups in total. The first-order valence-corrected chi connectivity index (χ1v) is 6.38. The lowest BCUT2D eigenvalue weighted by Gasteiger charge is -2.22. The number of nitrogens with zero attached hydrogens (tertiary/aromatic N) is 3. The average molecular weight is 260 g/mol. The Morgan fingerprint density at radius 1 is 1.32 bits per heavy atom. The molecule has 1 aromatic heterocycles. The van der Waals surface area contributed by atoms with Gasteiger partial charge >= 0.3 is 0 Å². The van der Waals surface area contributed by atoms with Gasteiger partial charge in [0.2, 0.25) is 0 Å². The molecule has 1 unspecified atom stereocenters. The summed E-state index contributed by atoms with van der Waals surface area (Å²) in [6, 6.07) is 8.31. The van der Waals surface area contributed by atoms with Gasteiger partial charge in [-0.2, -0.15) is 0 Å². The van der Waals surface area contributed by atoms with Gasteiger partial charge in [-0.15, -0.1) is 5.10 Å². The lowest BCUT2D eigenvalue weighted by Crippen LogP contribution is -2.36. The van der Waals surface area contributed by atoms with Crippen LogP contribution in [0.3, 0.4) is 0 Å². The van der Waals surface area contributed by atoms with Crippen LogP contribution >= 0.6 is 0 Å². The Balaban J connectivity index is 2.02. The van der Waals surface area contributed by atoms with Crippen molar-refractivity contribution in [3.05, 3.63) is 42.2 Å². The second kappa shape index (κ2) is 5.50. The van der Waals surface area contributed by atoms with E-state index in [1.54, 1.807) is 24.7 Å². The smallest absolute Gasteiger partial charge is 0.0715 e. The molecule has 0 aliphatic rings. The molecule has 0 amide bonds. The highest BCUT2D eigenvalue weighted by atomic mass is 16.3. The number of aromatic nitrogens is 3. The van der Waals surface area contributed by atoms with Crippen molar-refractivity contribution >= 4 is 0 Å². The summed E-state index contributed by atoms with van der Waals surface area (Å²) < 4.78 is 1.72. The molecule has 5 nitrogen and oxygen atoms in total. The molecule has 102 valence electrons. The van der Waals surface area contributed by atoms with E-state index in [-0.39, 0.29) is 6.04 Å². The first-order chi connectivity index (χ1) is 8.96. The molecule has 0 saturated carbocycles. The van der Waals surface area contributed by atoms with Gasteiger partial charge in [0.05, 0.1) is 23.7 Å². The lowest BCUT2D eigenvalue weighted by molar-refractivity contribution is 0.0770. The second-order valence-electron chi connectivity index (χ2n) is 5.35. The summed E-state index contributed by atoms with van der Waals surface area (Å²) in [5, 5.41) is 20.7. The van der Waals surface area contributed by atoms with Crippen LogP contribution in [0.4, 0.5) is 0 Å². The molecule has 0 aliphatic carbocycles. The third kappa shape index (κ3) is 3.87. The van der Waals surface area contributed by atoms with Crippen molar-refractivity contribution in [1.29, 1.82) is 0 Å². The summed E-state index contributed by atoms with van der Waals surface area (Å²) >= 11 is 0. The molecule has 19 heavy (non-hydrogen) atoms. The van der Waals surface area contributed by atoms with E-state index in [0.717, 1.165) is 5.69 Å². The molecule has 1 aromatic carbocycles. The molecule has 0 saturated heterocycles. The Morgan fingerprint density at radius 3 is 2.53 bits per heavy atom. The highest BCUT2D eigenvalue weighted by molar-refractivity contribution is 5.34. The van der Waals surface area contributed by atoms with Gasteiger partial charge in [-0.25, -0.2) is 4.68 Å². The Bertz CT molecular complexity index is 499. The van der Waals surface area contributed by atoms with Gasteiger partial charge < -0.3 is 10.4 Å². The molecule has 5 heteroatoms. The van der Waals surface area contributed by atoms with E-state index in [9.17, 15) is 5.11 Å². The molecule has 1 atom stereocenters. The van der Waals surface area contributed by atoms with Crippen LogP contribution in [0.2, 0.25) is 0 Å². The van der Waals surface area contributed by atoms with Gasteiger partial charge in [-0.05, 0) is 38.5 Å². The maximum atomic E-state index is 9.70. The largest absolute Gasteiger partial charge is 0.389 e. The number of rotatable bonds is 5. The van der Waals surface area contributed by atoms with Gasteiger partial charge in [0.1, 0.15) is 0 Å². The fraction of sp³-hybridized carbons (Fsp3) is 0.429. The van der Waals surface area contributed by atoms with Gasteiger partial charge in [-0.3, -0.25) is 0 Å². The molecule has 0 spiro atoms. The third-order valence-corrected chi connectivity index (χ3v) is 2.92. The van der Waals surface area contributed by atoms with E-state index in [0.29, 0.717) is 6.54 Å². The monoisotopic (exact) mass is 260 g/mol. The van der Waals surface area contributed by atoms with Crippen molar-refractivity contribution in [1.82, 2.24) is 20.3 Å². The minimum atomic E-state index is -0.699. The summed E-state index contributed by atoms with van der Waals surface area (Å²) in [4.78, 5) is 0. The quantitative estimate of drug-likeness (QED) is 0.858. The molecule has 1 heterocycles. The Labute approximate surface area is 113 Å². The van der Waals surface area contributed by atoms with Gasteiger partial charge in [-0.1, -0.05) is 17.3 Å². The number of aliphatic hydroxyl groups is 1. The normalized spacial score (nSPS) is 13.5. The van der Waals surface area contributed by atoms with Gasteiger partial charge in [0.15, 0.2) is 0 Å². The Morgan fingerprint density at radius 2 is 2.00 bits per heavy atom.